The summed E-state index contributed by atoms with van der Waals surface area (Å²) in [5.41, 5.74) is 5.63. The van der Waals surface area contributed by atoms with E-state index in [2.05, 4.69) is 30.6 Å². The van der Waals surface area contributed by atoms with Gasteiger partial charge in [-0.3, -0.25) is 10.1 Å². The van der Waals surface area contributed by atoms with Crippen LogP contribution in [0.3, 0.4) is 0 Å². The van der Waals surface area contributed by atoms with Crippen LogP contribution in [-0.4, -0.2) is 31.9 Å². The fourth-order valence-electron chi connectivity index (χ4n) is 2.99. The Morgan fingerprint density at radius 1 is 1.26 bits per heavy atom. The first kappa shape index (κ1) is 14.1. The standard InChI is InChI=1S/C16H18N6O/c1-10-15(13-4-5-17-8-12(13)9-18-10)16-21-14(23-22-16)3-2-11-6-19-20-7-11/h6-7,9,17H,2-5,8H2,1H3,(H,19,20). The van der Waals surface area contributed by atoms with Crippen molar-refractivity contribution >= 4 is 0 Å². The number of rotatable bonds is 4. The Kier molecular flexibility index (Phi) is 3.63. The highest BCUT2D eigenvalue weighted by atomic mass is 16.5. The summed E-state index contributed by atoms with van der Waals surface area (Å²) in [7, 11) is 0. The largest absolute Gasteiger partial charge is 0.339 e. The molecule has 0 amide bonds. The van der Waals surface area contributed by atoms with Gasteiger partial charge < -0.3 is 9.84 Å². The van der Waals surface area contributed by atoms with Crippen LogP contribution in [0.4, 0.5) is 0 Å². The van der Waals surface area contributed by atoms with Crippen molar-refractivity contribution in [2.75, 3.05) is 6.54 Å². The molecule has 3 aromatic rings. The van der Waals surface area contributed by atoms with Crippen LogP contribution in [-0.2, 0) is 25.8 Å². The smallest absolute Gasteiger partial charge is 0.227 e. The van der Waals surface area contributed by atoms with E-state index in [1.807, 2.05) is 25.5 Å². The Morgan fingerprint density at radius 3 is 3.09 bits per heavy atom. The van der Waals surface area contributed by atoms with Crippen LogP contribution >= 0.6 is 0 Å². The van der Waals surface area contributed by atoms with Gasteiger partial charge in [-0.25, -0.2) is 0 Å². The van der Waals surface area contributed by atoms with Crippen molar-refractivity contribution in [2.24, 2.45) is 0 Å². The molecule has 2 N–H and O–H groups in total. The molecule has 1 aliphatic rings. The third kappa shape index (κ3) is 2.75. The molecule has 0 radical (unpaired) electrons. The summed E-state index contributed by atoms with van der Waals surface area (Å²) in [5, 5.41) is 14.3. The van der Waals surface area contributed by atoms with Crippen molar-refractivity contribution in [1.82, 2.24) is 30.6 Å². The second-order valence-corrected chi connectivity index (χ2v) is 5.77. The lowest BCUT2D eigenvalue weighted by atomic mass is 9.95. The number of nitrogens with zero attached hydrogens (tertiary/aromatic N) is 4. The van der Waals surface area contributed by atoms with Crippen molar-refractivity contribution in [1.29, 1.82) is 0 Å². The second-order valence-electron chi connectivity index (χ2n) is 5.77. The predicted molar refractivity (Wildman–Crippen MR) is 83.7 cm³/mol. The first-order valence-corrected chi connectivity index (χ1v) is 7.80. The van der Waals surface area contributed by atoms with Gasteiger partial charge in [0.25, 0.3) is 0 Å². The number of hydrogen-bond donors (Lipinski definition) is 2. The molecule has 118 valence electrons. The lowest BCUT2D eigenvalue weighted by Gasteiger charge is -2.19. The zero-order valence-corrected chi connectivity index (χ0v) is 13.0. The molecule has 3 aromatic heterocycles. The lowest BCUT2D eigenvalue weighted by molar-refractivity contribution is 0.379. The molecule has 0 aliphatic carbocycles. The molecule has 0 unspecified atom stereocenters. The molecule has 1 aliphatic heterocycles. The molecule has 0 saturated heterocycles. The van der Waals surface area contributed by atoms with Crippen LogP contribution in [0.5, 0.6) is 0 Å². The fraction of sp³-hybridized carbons (Fsp3) is 0.375. The highest BCUT2D eigenvalue weighted by Crippen LogP contribution is 2.28. The Balaban J connectivity index is 1.61. The van der Waals surface area contributed by atoms with Gasteiger partial charge in [0.15, 0.2) is 0 Å². The minimum absolute atomic E-state index is 0.645. The molecule has 0 aromatic carbocycles. The third-order valence-corrected chi connectivity index (χ3v) is 4.21. The molecular weight excluding hydrogens is 292 g/mol. The number of aromatic amines is 1. The van der Waals surface area contributed by atoms with E-state index in [9.17, 15) is 0 Å². The van der Waals surface area contributed by atoms with Gasteiger partial charge in [0.05, 0.1) is 6.20 Å². The van der Waals surface area contributed by atoms with Crippen LogP contribution in [0, 0.1) is 6.92 Å². The molecule has 23 heavy (non-hydrogen) atoms. The molecular formula is C16H18N6O. The molecule has 0 atom stereocenters. The Labute approximate surface area is 133 Å². The molecule has 4 heterocycles. The van der Waals surface area contributed by atoms with E-state index in [-0.39, 0.29) is 0 Å². The fourth-order valence-corrected chi connectivity index (χ4v) is 2.99. The summed E-state index contributed by atoms with van der Waals surface area (Å²) in [6.45, 7) is 3.81. The highest BCUT2D eigenvalue weighted by Gasteiger charge is 2.20. The SMILES string of the molecule is Cc1ncc2c(c1-c1noc(CCc3cn[nH]c3)n1)CCNC2. The normalized spacial score (nSPS) is 14.0. The number of aromatic nitrogens is 5. The maximum Gasteiger partial charge on any atom is 0.227 e. The van der Waals surface area contributed by atoms with Crippen molar-refractivity contribution in [3.8, 4) is 11.4 Å². The second kappa shape index (κ2) is 5.92. The Bertz CT molecular complexity index is 808. The minimum Gasteiger partial charge on any atom is -0.339 e. The predicted octanol–water partition coefficient (Wildman–Crippen LogP) is 1.59. The number of fused-ring (bicyclic) bond motifs is 1. The molecule has 4 rings (SSSR count). The van der Waals surface area contributed by atoms with Crippen molar-refractivity contribution in [3.05, 3.63) is 46.9 Å². The van der Waals surface area contributed by atoms with E-state index >= 15 is 0 Å². The van der Waals surface area contributed by atoms with Crippen molar-refractivity contribution in [3.63, 3.8) is 0 Å². The van der Waals surface area contributed by atoms with Gasteiger partial charge in [-0.05, 0) is 43.0 Å². The van der Waals surface area contributed by atoms with Crippen molar-refractivity contribution in [2.45, 2.75) is 32.7 Å². The average Bonchev–Trinajstić information content (AvgIpc) is 3.24. The Morgan fingerprint density at radius 2 is 2.22 bits per heavy atom. The van der Waals surface area contributed by atoms with E-state index in [0.29, 0.717) is 18.1 Å². The molecule has 0 bridgehead atoms. The molecule has 7 heteroatoms. The summed E-state index contributed by atoms with van der Waals surface area (Å²) >= 11 is 0. The third-order valence-electron chi connectivity index (χ3n) is 4.21. The molecule has 0 spiro atoms. The topological polar surface area (TPSA) is 92.5 Å². The van der Waals surface area contributed by atoms with Crippen LogP contribution in [0.15, 0.2) is 23.1 Å². The minimum atomic E-state index is 0.645. The summed E-state index contributed by atoms with van der Waals surface area (Å²) in [5.74, 6) is 1.29. The van der Waals surface area contributed by atoms with E-state index in [1.165, 1.54) is 11.1 Å². The number of hydrogen-bond acceptors (Lipinski definition) is 6. The first-order chi connectivity index (χ1) is 11.3. The summed E-state index contributed by atoms with van der Waals surface area (Å²) < 4.78 is 5.43. The number of nitrogens with one attached hydrogen (secondary N) is 2. The zero-order chi connectivity index (χ0) is 15.6. The number of aryl methyl sites for hydroxylation is 3. The lowest BCUT2D eigenvalue weighted by Crippen LogP contribution is -2.24. The van der Waals surface area contributed by atoms with Gasteiger partial charge in [0, 0.05) is 36.6 Å². The average molecular weight is 310 g/mol. The van der Waals surface area contributed by atoms with Crippen LogP contribution in [0.25, 0.3) is 11.4 Å². The van der Waals surface area contributed by atoms with Gasteiger partial charge in [-0.2, -0.15) is 10.1 Å². The van der Waals surface area contributed by atoms with Gasteiger partial charge in [-0.15, -0.1) is 0 Å². The maximum atomic E-state index is 5.43. The van der Waals surface area contributed by atoms with Gasteiger partial charge >= 0.3 is 0 Å². The molecule has 0 fully saturated rings. The van der Waals surface area contributed by atoms with Crippen LogP contribution < -0.4 is 5.32 Å². The summed E-state index contributed by atoms with van der Waals surface area (Å²) in [6, 6.07) is 0. The van der Waals surface area contributed by atoms with E-state index < -0.39 is 0 Å². The van der Waals surface area contributed by atoms with Crippen LogP contribution in [0.1, 0.15) is 28.3 Å². The van der Waals surface area contributed by atoms with Gasteiger partial charge in [0.1, 0.15) is 0 Å². The number of H-pyrrole nitrogens is 1. The van der Waals surface area contributed by atoms with Crippen LogP contribution in [0.2, 0.25) is 0 Å². The quantitative estimate of drug-likeness (QED) is 0.760. The number of pyridine rings is 1. The maximum absolute atomic E-state index is 5.43. The first-order valence-electron chi connectivity index (χ1n) is 7.80. The van der Waals surface area contributed by atoms with Crippen molar-refractivity contribution < 1.29 is 4.52 Å². The van der Waals surface area contributed by atoms with E-state index in [1.54, 1.807) is 0 Å². The zero-order valence-electron chi connectivity index (χ0n) is 13.0. The van der Waals surface area contributed by atoms with E-state index in [0.717, 1.165) is 42.8 Å². The summed E-state index contributed by atoms with van der Waals surface area (Å²) in [6.07, 6.45) is 8.13. The molecule has 0 saturated carbocycles. The Hall–Kier alpha value is -2.54. The monoisotopic (exact) mass is 310 g/mol. The molecule has 7 nitrogen and oxygen atoms in total. The summed E-state index contributed by atoms with van der Waals surface area (Å²) in [4.78, 5) is 9.07. The van der Waals surface area contributed by atoms with Gasteiger partial charge in [0.2, 0.25) is 11.7 Å². The highest BCUT2D eigenvalue weighted by molar-refractivity contribution is 5.64. The van der Waals surface area contributed by atoms with Gasteiger partial charge in [-0.1, -0.05) is 5.16 Å². The van der Waals surface area contributed by atoms with E-state index in [4.69, 9.17) is 4.52 Å².